The number of urea groups is 1. The Hall–Kier alpha value is -2.19. The fourth-order valence-corrected chi connectivity index (χ4v) is 5.27. The molecular weight excluding hydrogens is 382 g/mol. The van der Waals surface area contributed by atoms with Gasteiger partial charge in [-0.25, -0.2) is 4.79 Å². The molecular formula is C22H31N5O3. The predicted octanol–water partition coefficient (Wildman–Crippen LogP) is 1.07. The Morgan fingerprint density at radius 3 is 2.63 bits per heavy atom. The third-order valence-corrected chi connectivity index (χ3v) is 7.45. The van der Waals surface area contributed by atoms with Crippen LogP contribution in [0.2, 0.25) is 0 Å². The number of aromatic nitrogens is 1. The van der Waals surface area contributed by atoms with Crippen molar-refractivity contribution < 1.29 is 14.3 Å². The number of likely N-dealkylation sites (tertiary alicyclic amines) is 1. The summed E-state index contributed by atoms with van der Waals surface area (Å²) in [5.41, 5.74) is 2.67. The molecule has 162 valence electrons. The molecule has 1 N–H and O–H groups in total. The van der Waals surface area contributed by atoms with Gasteiger partial charge in [0.25, 0.3) is 0 Å². The Bertz CT molecular complexity index is 777. The highest BCUT2D eigenvalue weighted by molar-refractivity contribution is 5.78. The Labute approximate surface area is 177 Å². The largest absolute Gasteiger partial charge is 0.379 e. The molecule has 5 rings (SSSR count). The van der Waals surface area contributed by atoms with Gasteiger partial charge in [0.15, 0.2) is 0 Å². The average molecular weight is 414 g/mol. The van der Waals surface area contributed by atoms with Crippen LogP contribution in [0.4, 0.5) is 4.79 Å². The smallest absolute Gasteiger partial charge is 0.318 e. The first kappa shape index (κ1) is 19.8. The van der Waals surface area contributed by atoms with Crippen LogP contribution >= 0.6 is 0 Å². The molecule has 0 aromatic carbocycles. The van der Waals surface area contributed by atoms with Crippen molar-refractivity contribution in [3.63, 3.8) is 0 Å². The van der Waals surface area contributed by atoms with Crippen LogP contribution in [-0.2, 0) is 22.6 Å². The minimum Gasteiger partial charge on any atom is -0.379 e. The quantitative estimate of drug-likeness (QED) is 0.799. The van der Waals surface area contributed by atoms with Crippen LogP contribution in [0.15, 0.2) is 18.5 Å². The first-order chi connectivity index (χ1) is 14.6. The molecule has 1 spiro atoms. The highest BCUT2D eigenvalue weighted by Gasteiger charge is 2.54. The number of hydrogen-bond donors (Lipinski definition) is 1. The molecule has 3 amide bonds. The van der Waals surface area contributed by atoms with E-state index in [1.807, 2.05) is 22.1 Å². The maximum absolute atomic E-state index is 12.6. The van der Waals surface area contributed by atoms with Gasteiger partial charge in [-0.15, -0.1) is 0 Å². The number of nitrogens with zero attached hydrogens (tertiary/aromatic N) is 4. The third kappa shape index (κ3) is 4.03. The summed E-state index contributed by atoms with van der Waals surface area (Å²) in [5.74, 6) is 0.796. The zero-order chi connectivity index (χ0) is 20.6. The standard InChI is InChI=1S/C22H31N5O3/c28-20(16-25-7-9-30-10-8-25)26-5-2-22(3-6-26)11-19(22)13-24-21(29)27-14-17-1-4-23-12-18(17)15-27/h1,4,12,19H,2-3,5-11,13-16H2,(H,24,29). The van der Waals surface area contributed by atoms with Crippen LogP contribution in [0, 0.1) is 11.3 Å². The van der Waals surface area contributed by atoms with Gasteiger partial charge in [0.1, 0.15) is 0 Å². The van der Waals surface area contributed by atoms with E-state index in [1.165, 1.54) is 12.0 Å². The lowest BCUT2D eigenvalue weighted by molar-refractivity contribution is -0.135. The predicted molar refractivity (Wildman–Crippen MR) is 110 cm³/mol. The number of morpholine rings is 1. The second-order valence-electron chi connectivity index (χ2n) is 9.22. The van der Waals surface area contributed by atoms with Gasteiger partial charge in [-0.2, -0.15) is 0 Å². The molecule has 1 atom stereocenters. The number of carbonyl (C=O) groups excluding carboxylic acids is 2. The van der Waals surface area contributed by atoms with Gasteiger partial charge in [0, 0.05) is 58.2 Å². The second kappa shape index (κ2) is 8.15. The summed E-state index contributed by atoms with van der Waals surface area (Å²) in [4.78, 5) is 35.4. The number of hydrogen-bond acceptors (Lipinski definition) is 5. The molecule has 1 unspecified atom stereocenters. The van der Waals surface area contributed by atoms with E-state index in [1.54, 1.807) is 6.20 Å². The highest BCUT2D eigenvalue weighted by Crippen LogP contribution is 2.59. The van der Waals surface area contributed by atoms with Crippen molar-refractivity contribution in [3.05, 3.63) is 29.6 Å². The molecule has 8 heteroatoms. The summed E-state index contributed by atoms with van der Waals surface area (Å²) < 4.78 is 5.36. The van der Waals surface area contributed by atoms with Crippen LogP contribution < -0.4 is 5.32 Å². The topological polar surface area (TPSA) is 78.0 Å². The number of pyridine rings is 1. The molecule has 30 heavy (non-hydrogen) atoms. The molecule has 8 nitrogen and oxygen atoms in total. The van der Waals surface area contributed by atoms with Gasteiger partial charge in [0.05, 0.1) is 19.8 Å². The molecule has 4 aliphatic rings. The minimum atomic E-state index is 0.0198. The number of piperidine rings is 1. The van der Waals surface area contributed by atoms with Gasteiger partial charge < -0.3 is 19.9 Å². The maximum atomic E-state index is 12.6. The van der Waals surface area contributed by atoms with Crippen LogP contribution in [0.5, 0.6) is 0 Å². The minimum absolute atomic E-state index is 0.0198. The van der Waals surface area contributed by atoms with E-state index in [-0.39, 0.29) is 11.9 Å². The SMILES string of the molecule is O=C(CN1CCOCC1)N1CCC2(CC1)CC2CNC(=O)N1Cc2ccncc2C1. The zero-order valence-corrected chi connectivity index (χ0v) is 17.5. The summed E-state index contributed by atoms with van der Waals surface area (Å²) in [6.07, 6.45) is 6.92. The Kier molecular flexibility index (Phi) is 5.37. The fourth-order valence-electron chi connectivity index (χ4n) is 5.27. The van der Waals surface area contributed by atoms with Crippen LogP contribution in [-0.4, -0.2) is 84.1 Å². The molecule has 1 aromatic rings. The number of amides is 3. The lowest BCUT2D eigenvalue weighted by Crippen LogP contribution is -2.47. The first-order valence-electron chi connectivity index (χ1n) is 11.2. The van der Waals surface area contributed by atoms with E-state index in [4.69, 9.17) is 4.74 Å². The van der Waals surface area contributed by atoms with Crippen molar-refractivity contribution in [3.8, 4) is 0 Å². The molecule has 3 aliphatic heterocycles. The van der Waals surface area contributed by atoms with E-state index < -0.39 is 0 Å². The second-order valence-corrected chi connectivity index (χ2v) is 9.22. The highest BCUT2D eigenvalue weighted by atomic mass is 16.5. The molecule has 4 heterocycles. The molecule has 1 aliphatic carbocycles. The number of carbonyl (C=O) groups is 2. The van der Waals surface area contributed by atoms with Crippen LogP contribution in [0.25, 0.3) is 0 Å². The third-order valence-electron chi connectivity index (χ3n) is 7.45. The molecule has 0 radical (unpaired) electrons. The van der Waals surface area contributed by atoms with Gasteiger partial charge in [-0.1, -0.05) is 0 Å². The van der Waals surface area contributed by atoms with Gasteiger partial charge >= 0.3 is 6.03 Å². The normalized spacial score (nSPS) is 25.3. The number of nitrogens with one attached hydrogen (secondary N) is 1. The molecule has 2 saturated heterocycles. The Morgan fingerprint density at radius 1 is 1.10 bits per heavy atom. The number of rotatable bonds is 4. The zero-order valence-electron chi connectivity index (χ0n) is 17.5. The van der Waals surface area contributed by atoms with E-state index in [2.05, 4.69) is 15.2 Å². The summed E-state index contributed by atoms with van der Waals surface area (Å²) in [5, 5.41) is 3.15. The van der Waals surface area contributed by atoms with Gasteiger partial charge in [0.2, 0.25) is 5.91 Å². The fraction of sp³-hybridized carbons (Fsp3) is 0.682. The van der Waals surface area contributed by atoms with Crippen molar-refractivity contribution in [1.29, 1.82) is 0 Å². The number of ether oxygens (including phenoxy) is 1. The summed E-state index contributed by atoms with van der Waals surface area (Å²) >= 11 is 0. The summed E-state index contributed by atoms with van der Waals surface area (Å²) in [7, 11) is 0. The monoisotopic (exact) mass is 413 g/mol. The van der Waals surface area contributed by atoms with Crippen molar-refractivity contribution >= 4 is 11.9 Å². The maximum Gasteiger partial charge on any atom is 0.318 e. The molecule has 0 bridgehead atoms. The van der Waals surface area contributed by atoms with Crippen molar-refractivity contribution in [2.75, 3.05) is 52.5 Å². The van der Waals surface area contributed by atoms with Crippen molar-refractivity contribution in [1.82, 2.24) is 25.0 Å². The van der Waals surface area contributed by atoms with Crippen molar-refractivity contribution in [2.24, 2.45) is 11.3 Å². The Balaban J connectivity index is 1.04. The van der Waals surface area contributed by atoms with Crippen molar-refractivity contribution in [2.45, 2.75) is 32.4 Å². The van der Waals surface area contributed by atoms with E-state index >= 15 is 0 Å². The molecule has 3 fully saturated rings. The average Bonchev–Trinajstić information content (AvgIpc) is 3.25. The summed E-state index contributed by atoms with van der Waals surface area (Å²) in [6, 6.07) is 2.01. The lowest BCUT2D eigenvalue weighted by atomic mass is 9.90. The van der Waals surface area contributed by atoms with E-state index in [0.29, 0.717) is 31.0 Å². The lowest BCUT2D eigenvalue weighted by Gasteiger charge is -2.35. The number of fused-ring (bicyclic) bond motifs is 1. The van der Waals surface area contributed by atoms with Gasteiger partial charge in [-0.05, 0) is 47.8 Å². The van der Waals surface area contributed by atoms with E-state index in [0.717, 1.165) is 64.3 Å². The first-order valence-corrected chi connectivity index (χ1v) is 11.2. The summed E-state index contributed by atoms with van der Waals surface area (Å²) in [6.45, 7) is 7.42. The Morgan fingerprint density at radius 2 is 1.87 bits per heavy atom. The molecule has 1 aromatic heterocycles. The van der Waals surface area contributed by atoms with Gasteiger partial charge in [-0.3, -0.25) is 14.7 Å². The van der Waals surface area contributed by atoms with Crippen LogP contribution in [0.3, 0.4) is 0 Å². The van der Waals surface area contributed by atoms with E-state index in [9.17, 15) is 9.59 Å². The molecule has 1 saturated carbocycles. The van der Waals surface area contributed by atoms with Crippen LogP contribution in [0.1, 0.15) is 30.4 Å².